The molecule has 2 aromatic carbocycles. The summed E-state index contributed by atoms with van der Waals surface area (Å²) >= 11 is 4.34. The maximum atomic E-state index is 10.3. The van der Waals surface area contributed by atoms with Gasteiger partial charge in [0.2, 0.25) is 0 Å². The maximum absolute atomic E-state index is 10.3. The van der Waals surface area contributed by atoms with Gasteiger partial charge >= 0.3 is 279 Å². The number of aliphatic hydroxyl groups excluding tert-OH is 6. The van der Waals surface area contributed by atoms with Crippen molar-refractivity contribution < 1.29 is 50.3 Å². The van der Waals surface area contributed by atoms with Gasteiger partial charge in [-0.1, -0.05) is 0 Å². The van der Waals surface area contributed by atoms with Gasteiger partial charge in [-0.3, -0.25) is 0 Å². The van der Waals surface area contributed by atoms with Crippen molar-refractivity contribution in [2.75, 3.05) is 13.2 Å². The van der Waals surface area contributed by atoms with Gasteiger partial charge in [0.1, 0.15) is 0 Å². The van der Waals surface area contributed by atoms with Crippen LogP contribution in [-0.4, -0.2) is 163 Å². The van der Waals surface area contributed by atoms with Crippen LogP contribution in [0.1, 0.15) is 12.1 Å². The molecule has 46 heavy (non-hydrogen) atoms. The number of hydrogen-bond acceptors (Lipinski definition) is 14. The van der Waals surface area contributed by atoms with E-state index in [0.29, 0.717) is 22.5 Å². The van der Waals surface area contributed by atoms with Gasteiger partial charge in [-0.15, -0.1) is 0 Å². The molecule has 2 aliphatic heterocycles. The summed E-state index contributed by atoms with van der Waals surface area (Å²) in [5.74, 6) is 0.212. The molecule has 0 bridgehead atoms. The van der Waals surface area contributed by atoms with E-state index in [1.165, 1.54) is 9.36 Å². The summed E-state index contributed by atoms with van der Waals surface area (Å²) in [6.07, 6.45) is -2.78. The van der Waals surface area contributed by atoms with Crippen molar-refractivity contribution >= 4 is 32.0 Å². The molecular formula is C28H34N6O10Se2. The van der Waals surface area contributed by atoms with Crippen LogP contribution >= 0.6 is 0 Å². The molecule has 0 aliphatic carbocycles. The molecule has 16 nitrogen and oxygen atoms in total. The third kappa shape index (κ3) is 7.28. The quantitative estimate of drug-likeness (QED) is 0.0916. The van der Waals surface area contributed by atoms with Gasteiger partial charge < -0.3 is 0 Å². The first kappa shape index (κ1) is 34.4. The molecule has 10 atom stereocenters. The summed E-state index contributed by atoms with van der Waals surface area (Å²) in [6.45, 7) is -0.737. The molecule has 4 aromatic rings. The minimum atomic E-state index is -1.13. The van der Waals surface area contributed by atoms with Gasteiger partial charge in [0.05, 0.1) is 0 Å². The predicted molar refractivity (Wildman–Crippen MR) is 162 cm³/mol. The second-order valence-corrected chi connectivity index (χ2v) is 12.8. The van der Waals surface area contributed by atoms with E-state index in [0.717, 1.165) is 0 Å². The van der Waals surface area contributed by atoms with Gasteiger partial charge in [0, 0.05) is 0 Å². The van der Waals surface area contributed by atoms with E-state index < -0.39 is 58.7 Å². The molecule has 2 fully saturated rings. The average Bonchev–Trinajstić information content (AvgIpc) is 3.73. The monoisotopic (exact) mass is 774 g/mol. The molecule has 6 rings (SSSR count). The molecule has 0 amide bonds. The molecule has 4 heterocycles. The molecule has 2 aromatic heterocycles. The molecule has 0 unspecified atom stereocenters. The van der Waals surface area contributed by atoms with Crippen LogP contribution in [0.4, 0.5) is 0 Å². The van der Waals surface area contributed by atoms with E-state index >= 15 is 0 Å². The Morgan fingerprint density at radius 1 is 0.630 bits per heavy atom. The summed E-state index contributed by atoms with van der Waals surface area (Å²) in [5, 5.41) is 93.6. The van der Waals surface area contributed by atoms with Crippen LogP contribution in [0.5, 0.6) is 11.5 Å². The second-order valence-electron chi connectivity index (χ2n) is 10.7. The Bertz CT molecular complexity index is 1480. The molecule has 0 spiro atoms. The number of hydrogen-bond donors (Lipinski definition) is 8. The van der Waals surface area contributed by atoms with Gasteiger partial charge in [-0.05, 0) is 0 Å². The second kappa shape index (κ2) is 14.9. The van der Waals surface area contributed by atoms with Crippen molar-refractivity contribution in [2.24, 2.45) is 0 Å². The molecule has 18 heteroatoms. The topological polar surface area (TPSA) is 242 Å². The van der Waals surface area contributed by atoms with Gasteiger partial charge in [-0.25, -0.2) is 0 Å². The summed E-state index contributed by atoms with van der Waals surface area (Å²) in [7, 11) is 0. The Labute approximate surface area is 278 Å². The van der Waals surface area contributed by atoms with Crippen molar-refractivity contribution in [3.05, 3.63) is 60.9 Å². The van der Waals surface area contributed by atoms with E-state index in [-0.39, 0.29) is 24.7 Å². The fourth-order valence-electron chi connectivity index (χ4n) is 5.23. The summed E-state index contributed by atoms with van der Waals surface area (Å²) in [6, 6.07) is 11.5. The third-order valence-corrected chi connectivity index (χ3v) is 9.44. The molecule has 2 aliphatic rings. The number of rotatable bonds is 6. The first-order valence-corrected chi connectivity index (χ1v) is 16.2. The van der Waals surface area contributed by atoms with E-state index in [4.69, 9.17) is 9.47 Å². The zero-order valence-corrected chi connectivity index (χ0v) is 27.7. The normalized spacial score (nSPS) is 31.2. The fraction of sp³-hybridized carbons (Fsp3) is 0.429. The van der Waals surface area contributed by atoms with Crippen LogP contribution in [0.3, 0.4) is 0 Å². The first-order chi connectivity index (χ1) is 22.0. The number of aromatic nitrogens is 6. The zero-order valence-electron chi connectivity index (χ0n) is 23.9. The number of phenols is 2. The SMILES string of the molecule is OC[C@H]1O[C@@H]([SeH])[C@H](O)[C@@H](n2cc(-c3cccc(O)c3)nn2)[C@H]1O.OC[C@H]1O[C@@H]([SeH])[C@H](O)[C@@H](n2cc(-c3cccc(O)c3)nn2)[C@H]1O. The van der Waals surface area contributed by atoms with Crippen LogP contribution in [-0.2, 0) is 9.47 Å². The van der Waals surface area contributed by atoms with E-state index in [1.807, 2.05) is 0 Å². The fourth-order valence-corrected chi connectivity index (χ4v) is 6.63. The standard InChI is InChI=1S/2C14H17N3O5Se/c2*18-6-10-12(20)11(13(21)14(23)22-10)17-5-9(15-16-17)7-2-1-3-8(19)4-7/h2*1-5,10-14,18-21,23H,6H2/t2*10-,11+,12+,13-,14+/m11/s1. The zero-order chi connectivity index (χ0) is 33.1. The van der Waals surface area contributed by atoms with Crippen LogP contribution in [0.15, 0.2) is 60.9 Å². The van der Waals surface area contributed by atoms with Crippen molar-refractivity contribution in [3.8, 4) is 34.0 Å². The average molecular weight is 773 g/mol. The van der Waals surface area contributed by atoms with Gasteiger partial charge in [-0.2, -0.15) is 0 Å². The Balaban J connectivity index is 0.000000181. The Hall–Kier alpha value is -2.96. The molecule has 248 valence electrons. The van der Waals surface area contributed by atoms with Crippen molar-refractivity contribution in [2.45, 2.75) is 58.7 Å². The summed E-state index contributed by atoms with van der Waals surface area (Å²) in [5.41, 5.74) is 2.31. The summed E-state index contributed by atoms with van der Waals surface area (Å²) in [4.78, 5) is 0. The number of aromatic hydroxyl groups is 2. The number of nitrogens with zero attached hydrogens (tertiary/aromatic N) is 6. The van der Waals surface area contributed by atoms with Crippen molar-refractivity contribution in [1.82, 2.24) is 30.0 Å². The van der Waals surface area contributed by atoms with Crippen LogP contribution < -0.4 is 0 Å². The molecule has 8 N–H and O–H groups in total. The summed E-state index contributed by atoms with van der Waals surface area (Å²) < 4.78 is 13.4. The van der Waals surface area contributed by atoms with Crippen LogP contribution in [0.2, 0.25) is 0 Å². The van der Waals surface area contributed by atoms with Crippen molar-refractivity contribution in [1.29, 1.82) is 0 Å². The Morgan fingerprint density at radius 3 is 1.37 bits per heavy atom. The van der Waals surface area contributed by atoms with Crippen LogP contribution in [0, 0.1) is 0 Å². The predicted octanol–water partition coefficient (Wildman–Crippen LogP) is -2.94. The number of ether oxygens (including phenoxy) is 2. The number of benzene rings is 2. The number of phenolic OH excluding ortho intramolecular Hbond substituents is 2. The van der Waals surface area contributed by atoms with Gasteiger partial charge in [0.25, 0.3) is 0 Å². The Morgan fingerprint density at radius 2 is 1.02 bits per heavy atom. The third-order valence-electron chi connectivity index (χ3n) is 7.65. The van der Waals surface area contributed by atoms with E-state index in [9.17, 15) is 40.9 Å². The molecular weight excluding hydrogens is 738 g/mol. The number of aliphatic hydroxyl groups is 6. The van der Waals surface area contributed by atoms with E-state index in [1.54, 1.807) is 60.9 Å². The molecule has 0 saturated carbocycles. The van der Waals surface area contributed by atoms with Gasteiger partial charge in [0.15, 0.2) is 0 Å². The van der Waals surface area contributed by atoms with E-state index in [2.05, 4.69) is 52.6 Å². The minimum absolute atomic E-state index is 0.106. The molecule has 0 radical (unpaired) electrons. The molecule has 2 saturated heterocycles. The van der Waals surface area contributed by atoms with Crippen molar-refractivity contribution in [3.63, 3.8) is 0 Å². The van der Waals surface area contributed by atoms with Crippen LogP contribution in [0.25, 0.3) is 22.5 Å². The first-order valence-electron chi connectivity index (χ1n) is 14.1. The Kier molecular flexibility index (Phi) is 11.1.